The summed E-state index contributed by atoms with van der Waals surface area (Å²) in [6.07, 6.45) is 0.301. The average molecular weight is 267 g/mol. The Bertz CT molecular complexity index is 451. The van der Waals surface area contributed by atoms with Crippen LogP contribution in [-0.4, -0.2) is 34.9 Å². The lowest BCUT2D eigenvalue weighted by Gasteiger charge is -2.22. The van der Waals surface area contributed by atoms with E-state index in [1.807, 2.05) is 20.8 Å². The fourth-order valence-corrected chi connectivity index (χ4v) is 1.65. The van der Waals surface area contributed by atoms with Gasteiger partial charge in [0, 0.05) is 0 Å². The Kier molecular flexibility index (Phi) is 4.78. The lowest BCUT2D eigenvalue weighted by Crippen LogP contribution is -2.35. The number of hydrogen-bond donors (Lipinski definition) is 3. The third kappa shape index (κ3) is 4.79. The Morgan fingerprint density at radius 1 is 1.42 bits per heavy atom. The number of carboxylic acid groups (broad SMARTS) is 1. The molecule has 1 unspecified atom stereocenters. The van der Waals surface area contributed by atoms with Crippen LogP contribution in [0.1, 0.15) is 26.3 Å². The van der Waals surface area contributed by atoms with Gasteiger partial charge >= 0.3 is 5.97 Å². The second kappa shape index (κ2) is 5.93. The van der Waals surface area contributed by atoms with Crippen molar-refractivity contribution >= 4 is 5.97 Å². The molecule has 5 heteroatoms. The molecule has 0 aliphatic carbocycles. The molecule has 0 saturated carbocycles. The summed E-state index contributed by atoms with van der Waals surface area (Å²) < 4.78 is 5.58. The molecule has 0 heterocycles. The molecule has 0 radical (unpaired) electrons. The smallest absolute Gasteiger partial charge is 0.321 e. The van der Waals surface area contributed by atoms with E-state index in [2.05, 4.69) is 5.32 Å². The van der Waals surface area contributed by atoms with Crippen molar-refractivity contribution in [1.29, 1.82) is 0 Å². The number of likely N-dealkylation sites (N-methyl/N-ethyl adjacent to an activating group) is 1. The van der Waals surface area contributed by atoms with Crippen LogP contribution in [0, 0.1) is 0 Å². The standard InChI is InChI=1S/C14H21NO4/c1-14(2,3)19-12-6-5-9(8-11(12)16)7-10(15-4)13(17)18/h5-6,8,10,15-16H,7H2,1-4H3,(H,17,18). The Morgan fingerprint density at radius 2 is 2.05 bits per heavy atom. The van der Waals surface area contributed by atoms with Crippen LogP contribution in [0.25, 0.3) is 0 Å². The van der Waals surface area contributed by atoms with Gasteiger partial charge in [-0.15, -0.1) is 0 Å². The quantitative estimate of drug-likeness (QED) is 0.758. The maximum atomic E-state index is 10.9. The van der Waals surface area contributed by atoms with E-state index >= 15 is 0 Å². The number of hydrogen-bond acceptors (Lipinski definition) is 4. The number of carboxylic acids is 1. The summed E-state index contributed by atoms with van der Waals surface area (Å²) in [4.78, 5) is 10.9. The Labute approximate surface area is 113 Å². The van der Waals surface area contributed by atoms with Gasteiger partial charge in [-0.05, 0) is 51.9 Å². The molecule has 0 bridgehead atoms. The minimum Gasteiger partial charge on any atom is -0.504 e. The van der Waals surface area contributed by atoms with Gasteiger partial charge in [0.1, 0.15) is 11.6 Å². The molecule has 19 heavy (non-hydrogen) atoms. The summed E-state index contributed by atoms with van der Waals surface area (Å²) in [5, 5.41) is 21.6. The Hall–Kier alpha value is -1.75. The molecule has 0 aliphatic heterocycles. The van der Waals surface area contributed by atoms with Crippen molar-refractivity contribution in [1.82, 2.24) is 5.32 Å². The maximum Gasteiger partial charge on any atom is 0.321 e. The predicted molar refractivity (Wildman–Crippen MR) is 72.7 cm³/mol. The van der Waals surface area contributed by atoms with E-state index in [0.717, 1.165) is 5.56 Å². The number of ether oxygens (including phenoxy) is 1. The van der Waals surface area contributed by atoms with Gasteiger partial charge in [0.2, 0.25) is 0 Å². The maximum absolute atomic E-state index is 10.9. The molecule has 5 nitrogen and oxygen atoms in total. The summed E-state index contributed by atoms with van der Waals surface area (Å²) in [6, 6.07) is 4.28. The van der Waals surface area contributed by atoms with Crippen molar-refractivity contribution in [2.45, 2.75) is 38.8 Å². The molecule has 1 aromatic rings. The van der Waals surface area contributed by atoms with Crippen LogP contribution in [0.5, 0.6) is 11.5 Å². The minimum absolute atomic E-state index is 0.0210. The second-order valence-electron chi connectivity index (χ2n) is 5.40. The number of benzene rings is 1. The van der Waals surface area contributed by atoms with Crippen molar-refractivity contribution in [3.63, 3.8) is 0 Å². The number of rotatable bonds is 5. The fourth-order valence-electron chi connectivity index (χ4n) is 1.65. The van der Waals surface area contributed by atoms with Gasteiger partial charge in [-0.25, -0.2) is 0 Å². The molecule has 1 atom stereocenters. The molecule has 106 valence electrons. The van der Waals surface area contributed by atoms with Crippen molar-refractivity contribution in [3.05, 3.63) is 23.8 Å². The lowest BCUT2D eigenvalue weighted by atomic mass is 10.1. The first kappa shape index (κ1) is 15.3. The zero-order valence-electron chi connectivity index (χ0n) is 11.7. The van der Waals surface area contributed by atoms with Gasteiger partial charge in [-0.2, -0.15) is 0 Å². The lowest BCUT2D eigenvalue weighted by molar-refractivity contribution is -0.139. The van der Waals surface area contributed by atoms with Gasteiger partial charge in [0.25, 0.3) is 0 Å². The molecule has 0 spiro atoms. The molecule has 1 rings (SSSR count). The first-order valence-corrected chi connectivity index (χ1v) is 6.14. The van der Waals surface area contributed by atoms with Crippen molar-refractivity contribution < 1.29 is 19.7 Å². The first-order chi connectivity index (χ1) is 8.73. The molecule has 0 saturated heterocycles. The minimum atomic E-state index is -0.919. The SMILES string of the molecule is CNC(Cc1ccc(OC(C)(C)C)c(O)c1)C(=O)O. The largest absolute Gasteiger partial charge is 0.504 e. The zero-order chi connectivity index (χ0) is 14.6. The van der Waals surface area contributed by atoms with Crippen LogP contribution in [-0.2, 0) is 11.2 Å². The highest BCUT2D eigenvalue weighted by Crippen LogP contribution is 2.30. The van der Waals surface area contributed by atoms with Gasteiger partial charge in [0.05, 0.1) is 0 Å². The van der Waals surface area contributed by atoms with E-state index in [9.17, 15) is 9.90 Å². The predicted octanol–water partition coefficient (Wildman–Crippen LogP) is 1.78. The van der Waals surface area contributed by atoms with Crippen LogP contribution < -0.4 is 10.1 Å². The Balaban J connectivity index is 2.85. The molecular formula is C14H21NO4. The van der Waals surface area contributed by atoms with Crippen LogP contribution in [0.2, 0.25) is 0 Å². The van der Waals surface area contributed by atoms with E-state index in [1.54, 1.807) is 19.2 Å². The average Bonchev–Trinajstić information content (AvgIpc) is 2.27. The highest BCUT2D eigenvalue weighted by molar-refractivity contribution is 5.73. The van der Waals surface area contributed by atoms with E-state index in [0.29, 0.717) is 12.2 Å². The third-order valence-corrected chi connectivity index (χ3v) is 2.53. The first-order valence-electron chi connectivity index (χ1n) is 6.14. The molecule has 1 aromatic carbocycles. The van der Waals surface area contributed by atoms with E-state index in [4.69, 9.17) is 9.84 Å². The molecule has 0 fully saturated rings. The topological polar surface area (TPSA) is 78.8 Å². The highest BCUT2D eigenvalue weighted by Gasteiger charge is 2.18. The van der Waals surface area contributed by atoms with Gasteiger partial charge in [0.15, 0.2) is 11.5 Å². The van der Waals surface area contributed by atoms with Gasteiger partial charge in [-0.1, -0.05) is 6.07 Å². The van der Waals surface area contributed by atoms with Gasteiger partial charge in [-0.3, -0.25) is 4.79 Å². The molecule has 0 aliphatic rings. The highest BCUT2D eigenvalue weighted by atomic mass is 16.5. The third-order valence-electron chi connectivity index (χ3n) is 2.53. The molecule has 0 amide bonds. The Morgan fingerprint density at radius 3 is 2.47 bits per heavy atom. The van der Waals surface area contributed by atoms with E-state index < -0.39 is 17.6 Å². The van der Waals surface area contributed by atoms with Crippen LogP contribution in [0.3, 0.4) is 0 Å². The summed E-state index contributed by atoms with van der Waals surface area (Å²) >= 11 is 0. The number of phenolic OH excluding ortho intramolecular Hbond substituents is 1. The van der Waals surface area contributed by atoms with Crippen molar-refractivity contribution in [3.8, 4) is 11.5 Å². The molecule has 3 N–H and O–H groups in total. The normalized spacial score (nSPS) is 13.1. The second-order valence-corrected chi connectivity index (χ2v) is 5.40. The number of carbonyl (C=O) groups is 1. The summed E-state index contributed by atoms with van der Waals surface area (Å²) in [5.41, 5.74) is 0.341. The van der Waals surface area contributed by atoms with Crippen LogP contribution in [0.4, 0.5) is 0 Å². The number of aromatic hydroxyl groups is 1. The number of phenols is 1. The summed E-state index contributed by atoms with van der Waals surface area (Å²) in [5.74, 6) is -0.503. The van der Waals surface area contributed by atoms with Crippen molar-refractivity contribution in [2.24, 2.45) is 0 Å². The van der Waals surface area contributed by atoms with E-state index in [-0.39, 0.29) is 5.75 Å². The fraction of sp³-hybridized carbons (Fsp3) is 0.500. The molecular weight excluding hydrogens is 246 g/mol. The van der Waals surface area contributed by atoms with Crippen LogP contribution >= 0.6 is 0 Å². The van der Waals surface area contributed by atoms with E-state index in [1.165, 1.54) is 6.07 Å². The molecule has 0 aromatic heterocycles. The summed E-state index contributed by atoms with van der Waals surface area (Å²) in [6.45, 7) is 5.67. The van der Waals surface area contributed by atoms with Crippen LogP contribution in [0.15, 0.2) is 18.2 Å². The zero-order valence-corrected chi connectivity index (χ0v) is 11.7. The monoisotopic (exact) mass is 267 g/mol. The number of nitrogens with one attached hydrogen (secondary N) is 1. The van der Waals surface area contributed by atoms with Crippen molar-refractivity contribution in [2.75, 3.05) is 7.05 Å². The summed E-state index contributed by atoms with van der Waals surface area (Å²) in [7, 11) is 1.59. The number of aliphatic carboxylic acids is 1. The van der Waals surface area contributed by atoms with Gasteiger partial charge < -0.3 is 20.3 Å².